The summed E-state index contributed by atoms with van der Waals surface area (Å²) < 4.78 is 17.5. The molecule has 0 amide bonds. The lowest BCUT2D eigenvalue weighted by molar-refractivity contribution is 0.0600. The van der Waals surface area contributed by atoms with E-state index in [2.05, 4.69) is 0 Å². The van der Waals surface area contributed by atoms with Crippen molar-refractivity contribution >= 4 is 27.7 Å². The summed E-state index contributed by atoms with van der Waals surface area (Å²) in [5.74, 6) is 0.309. The highest BCUT2D eigenvalue weighted by Gasteiger charge is 2.45. The Balaban J connectivity index is 1.50. The number of fused-ring (bicyclic) bond motifs is 3. The van der Waals surface area contributed by atoms with Crippen molar-refractivity contribution in [3.63, 3.8) is 0 Å². The van der Waals surface area contributed by atoms with E-state index < -0.39 is 5.41 Å². The molecule has 2 aromatic heterocycles. The van der Waals surface area contributed by atoms with Crippen molar-refractivity contribution in [2.75, 3.05) is 6.61 Å². The third-order valence-electron chi connectivity index (χ3n) is 6.68. The zero-order chi connectivity index (χ0) is 24.0. The van der Waals surface area contributed by atoms with Gasteiger partial charge in [0.2, 0.25) is 0 Å². The van der Waals surface area contributed by atoms with E-state index in [4.69, 9.17) is 13.6 Å². The Morgan fingerprint density at radius 3 is 1.77 bits per heavy atom. The van der Waals surface area contributed by atoms with Crippen LogP contribution in [0.15, 0.2) is 104 Å². The van der Waals surface area contributed by atoms with E-state index >= 15 is 0 Å². The third-order valence-corrected chi connectivity index (χ3v) is 6.68. The number of hydrogen-bond acceptors (Lipinski definition) is 6. The van der Waals surface area contributed by atoms with Crippen LogP contribution in [0.2, 0.25) is 0 Å². The van der Waals surface area contributed by atoms with Gasteiger partial charge in [0.15, 0.2) is 16.6 Å². The summed E-state index contributed by atoms with van der Waals surface area (Å²) in [5, 5.41) is 0.880. The lowest BCUT2D eigenvalue weighted by atomic mass is 9.71. The molecule has 6 rings (SSSR count). The molecule has 1 aliphatic rings. The molecule has 0 saturated heterocycles. The van der Waals surface area contributed by atoms with Gasteiger partial charge in [0.25, 0.3) is 0 Å². The molecule has 0 bridgehead atoms. The highest BCUT2D eigenvalue weighted by molar-refractivity contribution is 6.04. The third kappa shape index (κ3) is 3.46. The molecule has 3 heterocycles. The minimum atomic E-state index is -1.19. The first-order valence-corrected chi connectivity index (χ1v) is 11.3. The SMILES string of the molecule is O=C1c2ccccc2OCC1(Cc1coc2ccccc2c1=O)Cc1coc2ccccc2c1=O. The van der Waals surface area contributed by atoms with Crippen molar-refractivity contribution in [3.8, 4) is 5.75 Å². The van der Waals surface area contributed by atoms with E-state index in [-0.39, 0.29) is 36.1 Å². The standard InChI is InChI=1S/C29H20O6/c30-26-18(15-33-23-10-4-1-7-20(23)26)13-29(17-35-25-12-6-3-9-22(25)28(29)32)14-19-16-34-24-11-5-2-8-21(24)27(19)31/h1-12,15-16H,13-14,17H2. The number of ether oxygens (including phenoxy) is 1. The Hall–Kier alpha value is -4.45. The molecule has 0 unspecified atom stereocenters. The van der Waals surface area contributed by atoms with Crippen molar-refractivity contribution in [1.29, 1.82) is 0 Å². The van der Waals surface area contributed by atoms with E-state index in [1.165, 1.54) is 12.5 Å². The minimum Gasteiger partial charge on any atom is -0.492 e. The Kier molecular flexibility index (Phi) is 4.88. The summed E-state index contributed by atoms with van der Waals surface area (Å²) in [7, 11) is 0. The number of hydrogen-bond donors (Lipinski definition) is 0. The maximum absolute atomic E-state index is 14.0. The molecule has 0 atom stereocenters. The van der Waals surface area contributed by atoms with E-state index in [9.17, 15) is 14.4 Å². The summed E-state index contributed by atoms with van der Waals surface area (Å²) in [6.07, 6.45) is 2.92. The van der Waals surface area contributed by atoms with Crippen molar-refractivity contribution in [2.45, 2.75) is 12.8 Å². The second-order valence-corrected chi connectivity index (χ2v) is 8.92. The summed E-state index contributed by atoms with van der Waals surface area (Å²) in [6, 6.07) is 21.0. The van der Waals surface area contributed by atoms with Crippen LogP contribution in [0.1, 0.15) is 21.5 Å². The number of benzene rings is 3. The van der Waals surface area contributed by atoms with Gasteiger partial charge in [-0.05, 0) is 49.2 Å². The van der Waals surface area contributed by atoms with Gasteiger partial charge in [0.1, 0.15) is 23.5 Å². The van der Waals surface area contributed by atoms with Crippen molar-refractivity contribution < 1.29 is 18.4 Å². The van der Waals surface area contributed by atoms with Gasteiger partial charge in [-0.3, -0.25) is 14.4 Å². The van der Waals surface area contributed by atoms with Gasteiger partial charge in [-0.25, -0.2) is 0 Å². The number of Topliss-reactive ketones (excluding diaryl/α,β-unsaturated/α-hetero) is 1. The molecule has 5 aromatic rings. The van der Waals surface area contributed by atoms with Gasteiger partial charge in [0.05, 0.1) is 34.3 Å². The monoisotopic (exact) mass is 464 g/mol. The number of para-hydroxylation sites is 3. The molecule has 0 fully saturated rings. The van der Waals surface area contributed by atoms with E-state index in [1.54, 1.807) is 72.8 Å². The zero-order valence-electron chi connectivity index (χ0n) is 18.7. The predicted octanol–water partition coefficient (Wildman–Crippen LogP) is 4.95. The number of carbonyl (C=O) groups is 1. The van der Waals surface area contributed by atoms with Crippen LogP contribution in [0, 0.1) is 5.41 Å². The molecular formula is C29H20O6. The van der Waals surface area contributed by atoms with Gasteiger partial charge < -0.3 is 13.6 Å². The second-order valence-electron chi connectivity index (χ2n) is 8.92. The summed E-state index contributed by atoms with van der Waals surface area (Å²) in [5.41, 5.74) is 0.475. The molecule has 6 nitrogen and oxygen atoms in total. The quantitative estimate of drug-likeness (QED) is 0.374. The maximum atomic E-state index is 14.0. The van der Waals surface area contributed by atoms with Gasteiger partial charge in [-0.2, -0.15) is 0 Å². The molecule has 35 heavy (non-hydrogen) atoms. The first-order chi connectivity index (χ1) is 17.1. The molecule has 172 valence electrons. The molecule has 0 saturated carbocycles. The Labute approximate surface area is 199 Å². The normalized spacial score (nSPS) is 14.6. The van der Waals surface area contributed by atoms with E-state index in [0.29, 0.717) is 44.4 Å². The lowest BCUT2D eigenvalue weighted by Gasteiger charge is -2.36. The van der Waals surface area contributed by atoms with Gasteiger partial charge in [0, 0.05) is 11.1 Å². The van der Waals surface area contributed by atoms with Crippen LogP contribution in [0.5, 0.6) is 5.75 Å². The van der Waals surface area contributed by atoms with E-state index in [1.807, 2.05) is 0 Å². The summed E-state index contributed by atoms with van der Waals surface area (Å²) in [6.45, 7) is 0.0153. The van der Waals surface area contributed by atoms with E-state index in [0.717, 1.165) is 0 Å². The molecule has 6 heteroatoms. The molecule has 0 N–H and O–H groups in total. The van der Waals surface area contributed by atoms with Crippen LogP contribution in [0.25, 0.3) is 21.9 Å². The first-order valence-electron chi connectivity index (χ1n) is 11.3. The molecule has 0 spiro atoms. The Morgan fingerprint density at radius 1 is 0.657 bits per heavy atom. The average molecular weight is 464 g/mol. The van der Waals surface area contributed by atoms with Gasteiger partial charge >= 0.3 is 0 Å². The molecule has 1 aliphatic heterocycles. The van der Waals surface area contributed by atoms with Gasteiger partial charge in [-0.15, -0.1) is 0 Å². The molecule has 0 aliphatic carbocycles. The van der Waals surface area contributed by atoms with Crippen LogP contribution in [0.4, 0.5) is 0 Å². The Bertz CT molecular complexity index is 1630. The lowest BCUT2D eigenvalue weighted by Crippen LogP contribution is -2.46. The topological polar surface area (TPSA) is 86.7 Å². The Morgan fingerprint density at radius 2 is 1.17 bits per heavy atom. The summed E-state index contributed by atoms with van der Waals surface area (Å²) in [4.78, 5) is 40.5. The fraction of sp³-hybridized carbons (Fsp3) is 0.138. The predicted molar refractivity (Wildman–Crippen MR) is 131 cm³/mol. The first kappa shape index (κ1) is 21.1. The molecule has 0 radical (unpaired) electrons. The zero-order valence-corrected chi connectivity index (χ0v) is 18.7. The minimum absolute atomic E-state index is 0.0153. The van der Waals surface area contributed by atoms with Crippen LogP contribution < -0.4 is 15.6 Å². The van der Waals surface area contributed by atoms with Crippen molar-refractivity contribution in [2.24, 2.45) is 5.41 Å². The van der Waals surface area contributed by atoms with Crippen molar-refractivity contribution in [3.05, 3.63) is 122 Å². The van der Waals surface area contributed by atoms with Crippen LogP contribution in [-0.4, -0.2) is 12.4 Å². The summed E-state index contributed by atoms with van der Waals surface area (Å²) >= 11 is 0. The highest BCUT2D eigenvalue weighted by atomic mass is 16.5. The van der Waals surface area contributed by atoms with Gasteiger partial charge in [-0.1, -0.05) is 36.4 Å². The fourth-order valence-electron chi connectivity index (χ4n) is 4.88. The second kappa shape index (κ2) is 8.09. The maximum Gasteiger partial charge on any atom is 0.195 e. The average Bonchev–Trinajstić information content (AvgIpc) is 2.90. The molecular weight excluding hydrogens is 444 g/mol. The largest absolute Gasteiger partial charge is 0.492 e. The van der Waals surface area contributed by atoms with Crippen molar-refractivity contribution in [1.82, 2.24) is 0 Å². The smallest absolute Gasteiger partial charge is 0.195 e. The molecule has 3 aromatic carbocycles. The van der Waals surface area contributed by atoms with Crippen LogP contribution in [0.3, 0.4) is 0 Å². The number of carbonyl (C=O) groups excluding carboxylic acids is 1. The number of rotatable bonds is 4. The fourth-order valence-corrected chi connectivity index (χ4v) is 4.88. The number of ketones is 1. The van der Waals surface area contributed by atoms with Crippen LogP contribution in [-0.2, 0) is 12.8 Å². The van der Waals surface area contributed by atoms with Crippen LogP contribution >= 0.6 is 0 Å². The highest BCUT2D eigenvalue weighted by Crippen LogP contribution is 2.39.